The molecule has 0 spiro atoms. The Labute approximate surface area is 131 Å². The lowest BCUT2D eigenvalue weighted by atomic mass is 9.97. The van der Waals surface area contributed by atoms with E-state index in [-0.39, 0.29) is 18.8 Å². The fourth-order valence-corrected chi connectivity index (χ4v) is 4.22. The maximum atomic E-state index is 8.85. The van der Waals surface area contributed by atoms with Gasteiger partial charge >= 0.3 is 0 Å². The number of rotatable bonds is 7. The van der Waals surface area contributed by atoms with Gasteiger partial charge in [0.2, 0.25) is 0 Å². The average Bonchev–Trinajstić information content (AvgIpc) is 2.92. The molecular weight excluding hydrogens is 284 g/mol. The number of ether oxygens (including phenoxy) is 1. The van der Waals surface area contributed by atoms with Gasteiger partial charge in [-0.15, -0.1) is 11.3 Å². The summed E-state index contributed by atoms with van der Waals surface area (Å²) in [5.74, 6) is 0. The molecule has 0 bridgehead atoms. The summed E-state index contributed by atoms with van der Waals surface area (Å²) >= 11 is 1.82. The van der Waals surface area contributed by atoms with E-state index in [0.29, 0.717) is 12.6 Å². The summed E-state index contributed by atoms with van der Waals surface area (Å²) in [6.45, 7) is 6.94. The van der Waals surface area contributed by atoms with E-state index >= 15 is 0 Å². The van der Waals surface area contributed by atoms with E-state index in [2.05, 4.69) is 30.2 Å². The van der Waals surface area contributed by atoms with Crippen LogP contribution in [-0.4, -0.2) is 48.5 Å². The fraction of sp³-hybridized carbons (Fsp3) is 0.750. The van der Waals surface area contributed by atoms with Crippen molar-refractivity contribution in [3.05, 3.63) is 21.9 Å². The average molecular weight is 312 g/mol. The number of aryl methyl sites for hydroxylation is 1. The molecule has 2 heterocycles. The maximum absolute atomic E-state index is 8.85. The van der Waals surface area contributed by atoms with Crippen molar-refractivity contribution < 1.29 is 9.84 Å². The lowest BCUT2D eigenvalue weighted by Gasteiger charge is -2.39. The summed E-state index contributed by atoms with van der Waals surface area (Å²) in [7, 11) is 0. The number of thiophene rings is 1. The molecular formula is C16H28N2O2S. The van der Waals surface area contributed by atoms with Gasteiger partial charge in [0.25, 0.3) is 0 Å². The highest BCUT2D eigenvalue weighted by Gasteiger charge is 2.31. The Morgan fingerprint density at radius 3 is 2.71 bits per heavy atom. The van der Waals surface area contributed by atoms with Gasteiger partial charge in [0, 0.05) is 24.0 Å². The van der Waals surface area contributed by atoms with Gasteiger partial charge in [-0.1, -0.05) is 6.92 Å². The molecule has 1 saturated heterocycles. The van der Waals surface area contributed by atoms with Gasteiger partial charge in [-0.25, -0.2) is 0 Å². The second-order valence-corrected chi connectivity index (χ2v) is 6.76. The molecule has 0 radical (unpaired) electrons. The van der Waals surface area contributed by atoms with E-state index < -0.39 is 0 Å². The van der Waals surface area contributed by atoms with Crippen molar-refractivity contribution in [2.75, 3.05) is 26.3 Å². The highest BCUT2D eigenvalue weighted by Crippen LogP contribution is 2.34. The Hall–Kier alpha value is -0.460. The van der Waals surface area contributed by atoms with Crippen LogP contribution in [0.3, 0.4) is 0 Å². The topological polar surface area (TPSA) is 58.7 Å². The number of piperidine rings is 1. The number of aliphatic hydroxyl groups is 1. The monoisotopic (exact) mass is 312 g/mol. The van der Waals surface area contributed by atoms with Crippen molar-refractivity contribution in [3.63, 3.8) is 0 Å². The molecule has 0 aliphatic carbocycles. The normalized spacial score (nSPS) is 20.6. The molecule has 5 heteroatoms. The highest BCUT2D eigenvalue weighted by atomic mass is 32.1. The molecule has 1 aliphatic rings. The number of likely N-dealkylation sites (tertiary alicyclic amines) is 1. The first-order chi connectivity index (χ1) is 10.2. The van der Waals surface area contributed by atoms with Gasteiger partial charge in [0.1, 0.15) is 0 Å². The summed E-state index contributed by atoms with van der Waals surface area (Å²) in [4.78, 5) is 3.94. The van der Waals surface area contributed by atoms with E-state index in [0.717, 1.165) is 32.4 Å². The third kappa shape index (κ3) is 4.27. The van der Waals surface area contributed by atoms with Crippen LogP contribution in [-0.2, 0) is 4.74 Å². The van der Waals surface area contributed by atoms with Crippen LogP contribution in [0.2, 0.25) is 0 Å². The molecule has 1 aromatic rings. The Kier molecular flexibility index (Phi) is 6.64. The highest BCUT2D eigenvalue weighted by molar-refractivity contribution is 7.10. The third-order valence-corrected chi connectivity index (χ3v) is 5.45. The van der Waals surface area contributed by atoms with Crippen LogP contribution in [0.1, 0.15) is 42.7 Å². The number of nitrogens with zero attached hydrogens (tertiary/aromatic N) is 1. The number of nitrogens with two attached hydrogens (primary N) is 1. The molecule has 21 heavy (non-hydrogen) atoms. The molecule has 0 aromatic carbocycles. The van der Waals surface area contributed by atoms with E-state index in [1.165, 1.54) is 10.4 Å². The molecule has 120 valence electrons. The standard InChI is InChI=1S/C16H28N2O2S/c1-3-14(17)15(16-12(2)6-11-21-16)18-7-4-13(5-8-18)20-10-9-19/h6,11,13-15,19H,3-5,7-10,17H2,1-2H3. The molecule has 0 saturated carbocycles. The summed E-state index contributed by atoms with van der Waals surface area (Å²) < 4.78 is 5.66. The van der Waals surface area contributed by atoms with Gasteiger partial charge in [-0.05, 0) is 43.2 Å². The van der Waals surface area contributed by atoms with Crippen LogP contribution >= 0.6 is 11.3 Å². The summed E-state index contributed by atoms with van der Waals surface area (Å²) in [6, 6.07) is 2.69. The van der Waals surface area contributed by atoms with E-state index in [9.17, 15) is 0 Å². The Balaban J connectivity index is 2.01. The van der Waals surface area contributed by atoms with Crippen LogP contribution in [0.25, 0.3) is 0 Å². The van der Waals surface area contributed by atoms with Crippen LogP contribution in [0, 0.1) is 6.92 Å². The zero-order chi connectivity index (χ0) is 15.2. The van der Waals surface area contributed by atoms with Gasteiger partial charge in [-0.2, -0.15) is 0 Å². The van der Waals surface area contributed by atoms with E-state index in [4.69, 9.17) is 15.6 Å². The molecule has 1 aromatic heterocycles. The molecule has 2 rings (SSSR count). The Bertz CT molecular complexity index is 416. The number of hydrogen-bond donors (Lipinski definition) is 2. The summed E-state index contributed by atoms with van der Waals surface area (Å²) in [6.07, 6.45) is 3.33. The first kappa shape index (κ1) is 16.9. The SMILES string of the molecule is CCC(N)C(c1sccc1C)N1CCC(OCCO)CC1. The van der Waals surface area contributed by atoms with Gasteiger partial charge in [0.15, 0.2) is 0 Å². The number of hydrogen-bond acceptors (Lipinski definition) is 5. The minimum Gasteiger partial charge on any atom is -0.394 e. The maximum Gasteiger partial charge on any atom is 0.0701 e. The van der Waals surface area contributed by atoms with Gasteiger partial charge in [-0.3, -0.25) is 4.90 Å². The van der Waals surface area contributed by atoms with Crippen molar-refractivity contribution in [3.8, 4) is 0 Å². The van der Waals surface area contributed by atoms with Gasteiger partial charge in [0.05, 0.1) is 25.4 Å². The largest absolute Gasteiger partial charge is 0.394 e. The van der Waals surface area contributed by atoms with E-state index in [1.807, 2.05) is 11.3 Å². The summed E-state index contributed by atoms with van der Waals surface area (Å²) in [5, 5.41) is 11.0. The van der Waals surface area contributed by atoms with Crippen molar-refractivity contribution in [2.45, 2.75) is 51.3 Å². The van der Waals surface area contributed by atoms with Crippen molar-refractivity contribution >= 4 is 11.3 Å². The lowest BCUT2D eigenvalue weighted by molar-refractivity contribution is -0.0175. The summed E-state index contributed by atoms with van der Waals surface area (Å²) in [5.41, 5.74) is 7.78. The Morgan fingerprint density at radius 2 is 2.19 bits per heavy atom. The Morgan fingerprint density at radius 1 is 1.48 bits per heavy atom. The van der Waals surface area contributed by atoms with Crippen LogP contribution < -0.4 is 5.73 Å². The minimum atomic E-state index is 0.109. The number of aliphatic hydroxyl groups excluding tert-OH is 1. The van der Waals surface area contributed by atoms with Crippen LogP contribution in [0.4, 0.5) is 0 Å². The molecule has 1 aliphatic heterocycles. The quantitative estimate of drug-likeness (QED) is 0.811. The predicted molar refractivity (Wildman–Crippen MR) is 87.7 cm³/mol. The van der Waals surface area contributed by atoms with Crippen LogP contribution in [0.5, 0.6) is 0 Å². The smallest absolute Gasteiger partial charge is 0.0701 e. The zero-order valence-corrected chi connectivity index (χ0v) is 13.9. The zero-order valence-electron chi connectivity index (χ0n) is 13.1. The minimum absolute atomic E-state index is 0.109. The molecule has 3 N–H and O–H groups in total. The molecule has 0 amide bonds. The van der Waals surface area contributed by atoms with Crippen molar-refractivity contribution in [1.29, 1.82) is 0 Å². The first-order valence-electron chi connectivity index (χ1n) is 7.93. The predicted octanol–water partition coefficient (Wildman–Crippen LogP) is 2.31. The van der Waals surface area contributed by atoms with Gasteiger partial charge < -0.3 is 15.6 Å². The third-order valence-electron chi connectivity index (χ3n) is 4.36. The molecule has 2 atom stereocenters. The van der Waals surface area contributed by atoms with Crippen molar-refractivity contribution in [2.24, 2.45) is 5.73 Å². The van der Waals surface area contributed by atoms with E-state index in [1.54, 1.807) is 0 Å². The first-order valence-corrected chi connectivity index (χ1v) is 8.81. The second kappa shape index (κ2) is 8.25. The van der Waals surface area contributed by atoms with Crippen LogP contribution in [0.15, 0.2) is 11.4 Å². The van der Waals surface area contributed by atoms with Crippen molar-refractivity contribution in [1.82, 2.24) is 4.90 Å². The molecule has 2 unspecified atom stereocenters. The lowest BCUT2D eigenvalue weighted by Crippen LogP contribution is -2.46. The molecule has 4 nitrogen and oxygen atoms in total. The molecule has 1 fully saturated rings. The second-order valence-electron chi connectivity index (χ2n) is 5.81. The fourth-order valence-electron chi connectivity index (χ4n) is 3.08.